The van der Waals surface area contributed by atoms with E-state index in [0.717, 1.165) is 24.3 Å². The molecular formula is C9H4ClF7S. The monoisotopic (exact) mass is 312 g/mol. The van der Waals surface area contributed by atoms with Crippen LogP contribution >= 0.6 is 23.4 Å². The van der Waals surface area contributed by atoms with E-state index in [1.54, 1.807) is 0 Å². The first-order chi connectivity index (χ1) is 7.97. The van der Waals surface area contributed by atoms with Crippen molar-refractivity contribution in [1.29, 1.82) is 0 Å². The molecule has 0 radical (unpaired) electrons. The van der Waals surface area contributed by atoms with Gasteiger partial charge in [-0.2, -0.15) is 30.7 Å². The molecule has 102 valence electrons. The third kappa shape index (κ3) is 3.03. The quantitative estimate of drug-likeness (QED) is 0.544. The maximum absolute atomic E-state index is 12.9. The van der Waals surface area contributed by atoms with Crippen LogP contribution in [0, 0.1) is 0 Å². The van der Waals surface area contributed by atoms with Gasteiger partial charge in [-0.25, -0.2) is 0 Å². The summed E-state index contributed by atoms with van der Waals surface area (Å²) in [6.45, 7) is 0. The van der Waals surface area contributed by atoms with Gasteiger partial charge in [0.05, 0.1) is 0 Å². The fourth-order valence-corrected chi connectivity index (χ4v) is 1.82. The molecule has 0 nitrogen and oxygen atoms in total. The third-order valence-corrected chi connectivity index (χ3v) is 3.05. The van der Waals surface area contributed by atoms with Crippen LogP contribution in [0.5, 0.6) is 0 Å². The zero-order chi connectivity index (χ0) is 14.2. The van der Waals surface area contributed by atoms with Crippen molar-refractivity contribution < 1.29 is 30.7 Å². The molecule has 0 unspecified atom stereocenters. The van der Waals surface area contributed by atoms with E-state index in [0.29, 0.717) is 0 Å². The molecule has 18 heavy (non-hydrogen) atoms. The zero-order valence-corrected chi connectivity index (χ0v) is 9.81. The van der Waals surface area contributed by atoms with Crippen molar-refractivity contribution >= 4 is 23.4 Å². The average molecular weight is 313 g/mol. The minimum absolute atomic E-state index is 0.144. The van der Waals surface area contributed by atoms with Crippen LogP contribution in [-0.2, 0) is 0 Å². The molecule has 1 aromatic rings. The Morgan fingerprint density at radius 2 is 1.28 bits per heavy atom. The minimum atomic E-state index is -6.32. The van der Waals surface area contributed by atoms with E-state index in [9.17, 15) is 30.7 Å². The molecule has 0 saturated carbocycles. The van der Waals surface area contributed by atoms with E-state index in [4.69, 9.17) is 11.6 Å². The van der Waals surface area contributed by atoms with Crippen LogP contribution in [-0.4, -0.2) is 17.4 Å². The second-order valence-corrected chi connectivity index (χ2v) is 4.77. The molecule has 0 bridgehead atoms. The van der Waals surface area contributed by atoms with Gasteiger partial charge < -0.3 is 0 Å². The molecule has 0 heterocycles. The molecule has 0 aliphatic rings. The van der Waals surface area contributed by atoms with Gasteiger partial charge in [0.25, 0.3) is 0 Å². The summed E-state index contributed by atoms with van der Waals surface area (Å²) in [7, 11) is 0. The molecule has 0 spiro atoms. The first kappa shape index (κ1) is 15.4. The number of benzene rings is 1. The van der Waals surface area contributed by atoms with Crippen molar-refractivity contribution in [2.45, 2.75) is 22.2 Å². The molecule has 0 fully saturated rings. The molecule has 0 aromatic heterocycles. The highest BCUT2D eigenvalue weighted by Gasteiger charge is 2.73. The Labute approximate surface area is 106 Å². The minimum Gasteiger partial charge on any atom is -0.188 e. The number of halogens is 8. The van der Waals surface area contributed by atoms with Gasteiger partial charge in [-0.3, -0.25) is 0 Å². The van der Waals surface area contributed by atoms with Gasteiger partial charge >= 0.3 is 17.4 Å². The van der Waals surface area contributed by atoms with Gasteiger partial charge in [-0.05, 0) is 36.0 Å². The fraction of sp³-hybridized carbons (Fsp3) is 0.333. The number of hydrogen-bond acceptors (Lipinski definition) is 1. The molecule has 0 N–H and O–H groups in total. The summed E-state index contributed by atoms with van der Waals surface area (Å²) in [4.78, 5) is -0.451. The molecule has 9 heteroatoms. The third-order valence-electron chi connectivity index (χ3n) is 1.78. The zero-order valence-electron chi connectivity index (χ0n) is 8.24. The molecular weight excluding hydrogens is 309 g/mol. The summed E-state index contributed by atoms with van der Waals surface area (Å²) in [5.74, 6) is -6.12. The molecule has 1 aromatic carbocycles. The van der Waals surface area contributed by atoms with Crippen LogP contribution in [0.15, 0.2) is 29.2 Å². The van der Waals surface area contributed by atoms with Crippen LogP contribution in [0.25, 0.3) is 0 Å². The molecule has 0 saturated heterocycles. The van der Waals surface area contributed by atoms with E-state index >= 15 is 0 Å². The Morgan fingerprint density at radius 3 is 1.67 bits per heavy atom. The van der Waals surface area contributed by atoms with Gasteiger partial charge in [0.1, 0.15) is 0 Å². The topological polar surface area (TPSA) is 0 Å². The Bertz CT molecular complexity index is 412. The Morgan fingerprint density at radius 1 is 0.833 bits per heavy atom. The van der Waals surface area contributed by atoms with E-state index in [-0.39, 0.29) is 5.02 Å². The highest BCUT2D eigenvalue weighted by atomic mass is 35.5. The highest BCUT2D eigenvalue weighted by Crippen LogP contribution is 2.53. The van der Waals surface area contributed by atoms with E-state index in [1.165, 1.54) is 0 Å². The number of alkyl halides is 7. The van der Waals surface area contributed by atoms with Gasteiger partial charge in [0.15, 0.2) is 0 Å². The molecule has 0 aliphatic heterocycles. The largest absolute Gasteiger partial charge is 0.460 e. The summed E-state index contributed by atoms with van der Waals surface area (Å²) in [6.07, 6.45) is -6.32. The standard InChI is InChI=1S/C9H4ClF7S/c10-5-1-3-6(4-2-5)18-9(16,17)7(11,12)8(13,14)15/h1-4H. The predicted octanol–water partition coefficient (Wildman–Crippen LogP) is 5.22. The van der Waals surface area contributed by atoms with Gasteiger partial charge in [-0.15, -0.1) is 0 Å². The van der Waals surface area contributed by atoms with Crippen LogP contribution in [0.2, 0.25) is 5.02 Å². The summed E-state index contributed by atoms with van der Waals surface area (Å²) in [5, 5.41) is -5.16. The van der Waals surface area contributed by atoms with E-state index < -0.39 is 34.0 Å². The first-order valence-corrected chi connectivity index (χ1v) is 5.44. The van der Waals surface area contributed by atoms with Crippen molar-refractivity contribution in [1.82, 2.24) is 0 Å². The summed E-state index contributed by atoms with van der Waals surface area (Å²) < 4.78 is 86.5. The van der Waals surface area contributed by atoms with Crippen LogP contribution in [0.4, 0.5) is 30.7 Å². The SMILES string of the molecule is FC(F)(F)C(F)(F)C(F)(F)Sc1ccc(Cl)cc1. The lowest BCUT2D eigenvalue weighted by Crippen LogP contribution is -2.49. The van der Waals surface area contributed by atoms with Crippen molar-refractivity contribution in [2.75, 3.05) is 0 Å². The summed E-state index contributed by atoms with van der Waals surface area (Å²) in [6, 6.07) is 4.05. The molecule has 0 amide bonds. The number of hydrogen-bond donors (Lipinski definition) is 0. The second-order valence-electron chi connectivity index (χ2n) is 3.14. The maximum Gasteiger partial charge on any atom is 0.460 e. The predicted molar refractivity (Wildman–Crippen MR) is 53.3 cm³/mol. The number of rotatable bonds is 3. The highest BCUT2D eigenvalue weighted by molar-refractivity contribution is 8.00. The Kier molecular flexibility index (Phi) is 4.12. The van der Waals surface area contributed by atoms with Gasteiger partial charge in [-0.1, -0.05) is 11.6 Å². The normalized spacial score (nSPS) is 13.8. The summed E-state index contributed by atoms with van der Waals surface area (Å²) in [5.41, 5.74) is 0. The Hall–Kier alpha value is -0.630. The lowest BCUT2D eigenvalue weighted by Gasteiger charge is -2.27. The van der Waals surface area contributed by atoms with E-state index in [2.05, 4.69) is 0 Å². The lowest BCUT2D eigenvalue weighted by atomic mass is 10.3. The van der Waals surface area contributed by atoms with Crippen LogP contribution < -0.4 is 0 Å². The Balaban J connectivity index is 2.97. The molecule has 0 aliphatic carbocycles. The van der Waals surface area contributed by atoms with E-state index in [1.807, 2.05) is 0 Å². The fourth-order valence-electron chi connectivity index (χ4n) is 0.880. The van der Waals surface area contributed by atoms with Crippen molar-refractivity contribution in [3.8, 4) is 0 Å². The molecule has 0 atom stereocenters. The van der Waals surface area contributed by atoms with Crippen LogP contribution in [0.1, 0.15) is 0 Å². The van der Waals surface area contributed by atoms with Gasteiger partial charge in [0, 0.05) is 9.92 Å². The van der Waals surface area contributed by atoms with Crippen molar-refractivity contribution in [2.24, 2.45) is 0 Å². The lowest BCUT2D eigenvalue weighted by molar-refractivity contribution is -0.330. The maximum atomic E-state index is 12.9. The van der Waals surface area contributed by atoms with Crippen molar-refractivity contribution in [3.05, 3.63) is 29.3 Å². The average Bonchev–Trinajstić information content (AvgIpc) is 2.19. The summed E-state index contributed by atoms with van der Waals surface area (Å²) >= 11 is 4.55. The first-order valence-electron chi connectivity index (χ1n) is 4.24. The van der Waals surface area contributed by atoms with Gasteiger partial charge in [0.2, 0.25) is 0 Å². The smallest absolute Gasteiger partial charge is 0.188 e. The number of thioether (sulfide) groups is 1. The second kappa shape index (κ2) is 4.80. The van der Waals surface area contributed by atoms with Crippen molar-refractivity contribution in [3.63, 3.8) is 0 Å². The van der Waals surface area contributed by atoms with Crippen LogP contribution in [0.3, 0.4) is 0 Å². The molecule has 1 rings (SSSR count).